The SMILES string of the molecule is Cc1ccc(C)c(OCc2ccc(B(O)O)cc2F)c1C. The van der Waals surface area contributed by atoms with Crippen molar-refractivity contribution in [3.63, 3.8) is 0 Å². The molecular formula is C16H18BFO3. The number of halogens is 1. The lowest BCUT2D eigenvalue weighted by molar-refractivity contribution is 0.295. The number of rotatable bonds is 4. The van der Waals surface area contributed by atoms with Crippen LogP contribution in [0.15, 0.2) is 30.3 Å². The second-order valence-electron chi connectivity index (χ2n) is 5.17. The topological polar surface area (TPSA) is 49.7 Å². The van der Waals surface area contributed by atoms with E-state index in [1.165, 1.54) is 12.1 Å². The lowest BCUT2D eigenvalue weighted by Crippen LogP contribution is -2.30. The summed E-state index contributed by atoms with van der Waals surface area (Å²) >= 11 is 0. The summed E-state index contributed by atoms with van der Waals surface area (Å²) in [5.41, 5.74) is 3.66. The van der Waals surface area contributed by atoms with E-state index in [1.54, 1.807) is 0 Å². The van der Waals surface area contributed by atoms with Crippen molar-refractivity contribution in [2.45, 2.75) is 27.4 Å². The van der Waals surface area contributed by atoms with E-state index in [9.17, 15) is 4.39 Å². The van der Waals surface area contributed by atoms with Gasteiger partial charge in [0, 0.05) is 5.56 Å². The molecule has 0 aliphatic heterocycles. The third-order valence-corrected chi connectivity index (χ3v) is 3.62. The maximum absolute atomic E-state index is 13.9. The van der Waals surface area contributed by atoms with Gasteiger partial charge in [0.25, 0.3) is 0 Å². The number of benzene rings is 2. The van der Waals surface area contributed by atoms with Crippen molar-refractivity contribution < 1.29 is 19.2 Å². The molecule has 21 heavy (non-hydrogen) atoms. The molecule has 0 spiro atoms. The molecular weight excluding hydrogens is 270 g/mol. The van der Waals surface area contributed by atoms with Gasteiger partial charge in [-0.05, 0) is 49.0 Å². The molecule has 0 bridgehead atoms. The first-order valence-electron chi connectivity index (χ1n) is 6.74. The van der Waals surface area contributed by atoms with Gasteiger partial charge < -0.3 is 14.8 Å². The van der Waals surface area contributed by atoms with Gasteiger partial charge in [0.05, 0.1) is 0 Å². The van der Waals surface area contributed by atoms with Gasteiger partial charge in [-0.25, -0.2) is 4.39 Å². The third kappa shape index (κ3) is 3.43. The second kappa shape index (κ2) is 6.29. The maximum Gasteiger partial charge on any atom is 0.488 e. The van der Waals surface area contributed by atoms with Crippen molar-refractivity contribution >= 4 is 12.6 Å². The van der Waals surface area contributed by atoms with Gasteiger partial charge >= 0.3 is 7.12 Å². The predicted octanol–water partition coefficient (Wildman–Crippen LogP) is 2.01. The molecule has 0 heterocycles. The Kier molecular flexibility index (Phi) is 4.65. The van der Waals surface area contributed by atoms with Gasteiger partial charge in [0.2, 0.25) is 0 Å². The van der Waals surface area contributed by atoms with Gasteiger partial charge in [0.1, 0.15) is 18.2 Å². The molecule has 5 heteroatoms. The molecule has 0 amide bonds. The van der Waals surface area contributed by atoms with E-state index in [-0.39, 0.29) is 12.1 Å². The van der Waals surface area contributed by atoms with Crippen molar-refractivity contribution in [1.82, 2.24) is 0 Å². The molecule has 2 rings (SSSR count). The van der Waals surface area contributed by atoms with Gasteiger partial charge in [-0.1, -0.05) is 24.3 Å². The van der Waals surface area contributed by atoms with E-state index in [0.29, 0.717) is 5.56 Å². The van der Waals surface area contributed by atoms with E-state index in [1.807, 2.05) is 32.9 Å². The molecule has 2 aromatic rings. The van der Waals surface area contributed by atoms with E-state index in [4.69, 9.17) is 14.8 Å². The van der Waals surface area contributed by atoms with Crippen LogP contribution in [0.2, 0.25) is 0 Å². The van der Waals surface area contributed by atoms with E-state index in [0.717, 1.165) is 28.5 Å². The van der Waals surface area contributed by atoms with Gasteiger partial charge in [0.15, 0.2) is 0 Å². The Labute approximate surface area is 124 Å². The van der Waals surface area contributed by atoms with Gasteiger partial charge in [-0.2, -0.15) is 0 Å². The van der Waals surface area contributed by atoms with Crippen LogP contribution in [0.25, 0.3) is 0 Å². The highest BCUT2D eigenvalue weighted by atomic mass is 19.1. The molecule has 0 saturated carbocycles. The van der Waals surface area contributed by atoms with Gasteiger partial charge in [-0.3, -0.25) is 0 Å². The average molecular weight is 288 g/mol. The van der Waals surface area contributed by atoms with Crippen molar-refractivity contribution in [3.8, 4) is 5.75 Å². The molecule has 0 radical (unpaired) electrons. The van der Waals surface area contributed by atoms with E-state index < -0.39 is 12.9 Å². The average Bonchev–Trinajstić information content (AvgIpc) is 2.44. The molecule has 0 unspecified atom stereocenters. The standard InChI is InChI=1S/C16H18BFO3/c1-10-4-5-11(2)16(12(10)3)21-9-13-6-7-14(17(19)20)8-15(13)18/h4-8,19-20H,9H2,1-3H3. The smallest absolute Gasteiger partial charge is 0.488 e. The molecule has 110 valence electrons. The molecule has 3 nitrogen and oxygen atoms in total. The minimum Gasteiger partial charge on any atom is -0.488 e. The second-order valence-corrected chi connectivity index (χ2v) is 5.17. The summed E-state index contributed by atoms with van der Waals surface area (Å²) in [5, 5.41) is 18.0. The quantitative estimate of drug-likeness (QED) is 0.846. The first-order valence-corrected chi connectivity index (χ1v) is 6.74. The molecule has 0 aliphatic rings. The Hall–Kier alpha value is -1.85. The molecule has 2 aromatic carbocycles. The summed E-state index contributed by atoms with van der Waals surface area (Å²) in [6.45, 7) is 6.01. The van der Waals surface area contributed by atoms with E-state index in [2.05, 4.69) is 0 Å². The zero-order chi connectivity index (χ0) is 15.6. The van der Waals surface area contributed by atoms with Crippen LogP contribution in [0.1, 0.15) is 22.3 Å². The van der Waals surface area contributed by atoms with Crippen LogP contribution in [0.3, 0.4) is 0 Å². The van der Waals surface area contributed by atoms with Crippen molar-refractivity contribution in [2.24, 2.45) is 0 Å². The Morgan fingerprint density at radius 1 is 1.05 bits per heavy atom. The predicted molar refractivity (Wildman–Crippen MR) is 81.2 cm³/mol. The third-order valence-electron chi connectivity index (χ3n) is 3.62. The van der Waals surface area contributed by atoms with Crippen LogP contribution in [0.5, 0.6) is 5.75 Å². The lowest BCUT2D eigenvalue weighted by atomic mass is 9.80. The highest BCUT2D eigenvalue weighted by Gasteiger charge is 2.14. The van der Waals surface area contributed by atoms with Crippen molar-refractivity contribution in [3.05, 3.63) is 58.4 Å². The fourth-order valence-electron chi connectivity index (χ4n) is 2.14. The Balaban J connectivity index is 2.19. The molecule has 0 fully saturated rings. The van der Waals surface area contributed by atoms with Crippen LogP contribution >= 0.6 is 0 Å². The normalized spacial score (nSPS) is 10.6. The number of ether oxygens (including phenoxy) is 1. The maximum atomic E-state index is 13.9. The zero-order valence-corrected chi connectivity index (χ0v) is 12.4. The number of aryl methyl sites for hydroxylation is 2. The summed E-state index contributed by atoms with van der Waals surface area (Å²) in [6, 6.07) is 8.08. The molecule has 2 N–H and O–H groups in total. The Morgan fingerprint density at radius 2 is 1.71 bits per heavy atom. The van der Waals surface area contributed by atoms with Crippen LogP contribution < -0.4 is 10.2 Å². The largest absolute Gasteiger partial charge is 0.488 e. The Bertz CT molecular complexity index is 656. The minimum absolute atomic E-state index is 0.0960. The fraction of sp³-hybridized carbons (Fsp3) is 0.250. The molecule has 0 aliphatic carbocycles. The number of hydrogen-bond acceptors (Lipinski definition) is 3. The van der Waals surface area contributed by atoms with Crippen molar-refractivity contribution in [2.75, 3.05) is 0 Å². The first-order chi connectivity index (χ1) is 9.90. The first kappa shape index (κ1) is 15.5. The summed E-state index contributed by atoms with van der Waals surface area (Å²) in [6.07, 6.45) is 0. The van der Waals surface area contributed by atoms with Crippen LogP contribution in [-0.4, -0.2) is 17.2 Å². The minimum atomic E-state index is -1.67. The van der Waals surface area contributed by atoms with Gasteiger partial charge in [-0.15, -0.1) is 0 Å². The monoisotopic (exact) mass is 288 g/mol. The molecule has 0 saturated heterocycles. The van der Waals surface area contributed by atoms with Crippen LogP contribution in [0.4, 0.5) is 4.39 Å². The van der Waals surface area contributed by atoms with Crippen LogP contribution in [-0.2, 0) is 6.61 Å². The Morgan fingerprint density at radius 3 is 2.33 bits per heavy atom. The summed E-state index contributed by atoms with van der Waals surface area (Å²) in [5.74, 6) is 0.254. The van der Waals surface area contributed by atoms with Crippen LogP contribution in [0, 0.1) is 26.6 Å². The molecule has 0 atom stereocenters. The van der Waals surface area contributed by atoms with Crippen molar-refractivity contribution in [1.29, 1.82) is 0 Å². The molecule has 0 aromatic heterocycles. The summed E-state index contributed by atoms with van der Waals surface area (Å²) < 4.78 is 19.6. The summed E-state index contributed by atoms with van der Waals surface area (Å²) in [7, 11) is -1.67. The highest BCUT2D eigenvalue weighted by molar-refractivity contribution is 6.58. The lowest BCUT2D eigenvalue weighted by Gasteiger charge is -2.14. The summed E-state index contributed by atoms with van der Waals surface area (Å²) in [4.78, 5) is 0. The van der Waals surface area contributed by atoms with E-state index >= 15 is 0 Å². The zero-order valence-electron chi connectivity index (χ0n) is 12.4. The highest BCUT2D eigenvalue weighted by Crippen LogP contribution is 2.26. The fourth-order valence-corrected chi connectivity index (χ4v) is 2.14. The number of hydrogen-bond donors (Lipinski definition) is 2.